The Balaban J connectivity index is 2.04. The zero-order valence-corrected chi connectivity index (χ0v) is 11.7. The van der Waals surface area contributed by atoms with Gasteiger partial charge in [0.2, 0.25) is 0 Å². The number of hydrogen-bond donors (Lipinski definition) is 1. The highest BCUT2D eigenvalue weighted by atomic mass is 19.1. The number of halogens is 1. The van der Waals surface area contributed by atoms with Gasteiger partial charge in [-0.3, -0.25) is 0 Å². The standard InChI is InChI=1S/C17H20FN/c1-12-5-4-6-15(9-12)14(3)19-11-16-10-13(2)7-8-17(16)18/h4-10,14,19H,11H2,1-3H3/t14-/m0/s1. The van der Waals surface area contributed by atoms with Crippen molar-refractivity contribution < 1.29 is 4.39 Å². The molecule has 0 bridgehead atoms. The lowest BCUT2D eigenvalue weighted by Crippen LogP contribution is -2.19. The largest absolute Gasteiger partial charge is 0.306 e. The number of nitrogens with one attached hydrogen (secondary N) is 1. The Morgan fingerprint density at radius 3 is 2.53 bits per heavy atom. The lowest BCUT2D eigenvalue weighted by atomic mass is 10.1. The summed E-state index contributed by atoms with van der Waals surface area (Å²) in [5.41, 5.74) is 4.28. The van der Waals surface area contributed by atoms with Crippen molar-refractivity contribution in [2.24, 2.45) is 0 Å². The van der Waals surface area contributed by atoms with Crippen molar-refractivity contribution in [2.45, 2.75) is 33.4 Å². The summed E-state index contributed by atoms with van der Waals surface area (Å²) in [6, 6.07) is 13.8. The van der Waals surface area contributed by atoms with Gasteiger partial charge in [0.05, 0.1) is 0 Å². The minimum atomic E-state index is -0.144. The van der Waals surface area contributed by atoms with Crippen LogP contribution in [0.15, 0.2) is 42.5 Å². The fraction of sp³-hybridized carbons (Fsp3) is 0.294. The second-order valence-electron chi connectivity index (χ2n) is 5.11. The summed E-state index contributed by atoms with van der Waals surface area (Å²) in [4.78, 5) is 0. The van der Waals surface area contributed by atoms with Gasteiger partial charge in [0.1, 0.15) is 5.82 Å². The molecule has 0 saturated carbocycles. The van der Waals surface area contributed by atoms with Crippen molar-refractivity contribution in [3.05, 3.63) is 70.5 Å². The molecule has 0 heterocycles. The molecular formula is C17H20FN. The molecule has 2 heteroatoms. The molecule has 0 aliphatic rings. The second-order valence-corrected chi connectivity index (χ2v) is 5.11. The van der Waals surface area contributed by atoms with Crippen LogP contribution in [0.5, 0.6) is 0 Å². The topological polar surface area (TPSA) is 12.0 Å². The molecule has 100 valence electrons. The van der Waals surface area contributed by atoms with Crippen LogP contribution in [-0.4, -0.2) is 0 Å². The SMILES string of the molecule is Cc1cccc([C@H](C)NCc2cc(C)ccc2F)c1. The Morgan fingerprint density at radius 2 is 1.79 bits per heavy atom. The number of aryl methyl sites for hydroxylation is 2. The lowest BCUT2D eigenvalue weighted by Gasteiger charge is -2.15. The Morgan fingerprint density at radius 1 is 1.05 bits per heavy atom. The molecule has 1 atom stereocenters. The maximum atomic E-state index is 13.6. The molecule has 0 fully saturated rings. The van der Waals surface area contributed by atoms with E-state index in [4.69, 9.17) is 0 Å². The fourth-order valence-electron chi connectivity index (χ4n) is 2.16. The predicted octanol–water partition coefficient (Wildman–Crippen LogP) is 4.29. The Labute approximate surface area is 114 Å². The van der Waals surface area contributed by atoms with Crippen molar-refractivity contribution in [3.8, 4) is 0 Å². The van der Waals surface area contributed by atoms with E-state index in [0.29, 0.717) is 6.54 Å². The molecular weight excluding hydrogens is 237 g/mol. The number of hydrogen-bond acceptors (Lipinski definition) is 1. The smallest absolute Gasteiger partial charge is 0.127 e. The van der Waals surface area contributed by atoms with Crippen molar-refractivity contribution >= 4 is 0 Å². The van der Waals surface area contributed by atoms with E-state index in [2.05, 4.69) is 43.4 Å². The molecule has 1 N–H and O–H groups in total. The molecule has 0 amide bonds. The molecule has 2 aromatic rings. The zero-order chi connectivity index (χ0) is 13.8. The summed E-state index contributed by atoms with van der Waals surface area (Å²) in [5, 5.41) is 3.37. The van der Waals surface area contributed by atoms with Gasteiger partial charge in [-0.1, -0.05) is 47.5 Å². The third kappa shape index (κ3) is 3.65. The zero-order valence-electron chi connectivity index (χ0n) is 11.7. The highest BCUT2D eigenvalue weighted by molar-refractivity contribution is 5.26. The maximum Gasteiger partial charge on any atom is 0.127 e. The van der Waals surface area contributed by atoms with E-state index in [1.165, 1.54) is 17.2 Å². The van der Waals surface area contributed by atoms with Crippen LogP contribution in [0.25, 0.3) is 0 Å². The summed E-state index contributed by atoms with van der Waals surface area (Å²) in [6.07, 6.45) is 0. The van der Waals surface area contributed by atoms with E-state index >= 15 is 0 Å². The molecule has 19 heavy (non-hydrogen) atoms. The normalized spacial score (nSPS) is 12.4. The molecule has 0 saturated heterocycles. The van der Waals surface area contributed by atoms with Crippen LogP contribution in [-0.2, 0) is 6.54 Å². The second kappa shape index (κ2) is 5.98. The molecule has 0 aliphatic carbocycles. The molecule has 0 aliphatic heterocycles. The van der Waals surface area contributed by atoms with E-state index in [0.717, 1.165) is 11.1 Å². The van der Waals surface area contributed by atoms with Gasteiger partial charge in [0.15, 0.2) is 0 Å². The van der Waals surface area contributed by atoms with Crippen molar-refractivity contribution in [3.63, 3.8) is 0 Å². The van der Waals surface area contributed by atoms with Gasteiger partial charge in [-0.05, 0) is 32.4 Å². The van der Waals surface area contributed by atoms with E-state index in [9.17, 15) is 4.39 Å². The summed E-state index contributed by atoms with van der Waals surface area (Å²) >= 11 is 0. The average Bonchev–Trinajstić information content (AvgIpc) is 2.39. The molecule has 0 aromatic heterocycles. The molecule has 0 spiro atoms. The summed E-state index contributed by atoms with van der Waals surface area (Å²) < 4.78 is 13.6. The van der Waals surface area contributed by atoms with E-state index < -0.39 is 0 Å². The monoisotopic (exact) mass is 257 g/mol. The highest BCUT2D eigenvalue weighted by Crippen LogP contribution is 2.16. The first-order valence-corrected chi connectivity index (χ1v) is 6.61. The third-order valence-corrected chi connectivity index (χ3v) is 3.34. The minimum absolute atomic E-state index is 0.144. The van der Waals surface area contributed by atoms with Gasteiger partial charge < -0.3 is 5.32 Å². The Kier molecular flexibility index (Phi) is 4.33. The first-order chi connectivity index (χ1) is 9.06. The molecule has 0 unspecified atom stereocenters. The first-order valence-electron chi connectivity index (χ1n) is 6.61. The van der Waals surface area contributed by atoms with E-state index in [1.807, 2.05) is 13.0 Å². The van der Waals surface area contributed by atoms with Crippen LogP contribution < -0.4 is 5.32 Å². The maximum absolute atomic E-state index is 13.6. The first kappa shape index (κ1) is 13.8. The fourth-order valence-corrected chi connectivity index (χ4v) is 2.16. The quantitative estimate of drug-likeness (QED) is 0.861. The van der Waals surface area contributed by atoms with Gasteiger partial charge in [-0.15, -0.1) is 0 Å². The third-order valence-electron chi connectivity index (χ3n) is 3.34. The van der Waals surface area contributed by atoms with Crippen LogP contribution >= 0.6 is 0 Å². The summed E-state index contributed by atoms with van der Waals surface area (Å²) in [5.74, 6) is -0.144. The summed E-state index contributed by atoms with van der Waals surface area (Å²) in [6.45, 7) is 6.70. The Bertz CT molecular complexity index is 563. The van der Waals surface area contributed by atoms with E-state index in [-0.39, 0.29) is 11.9 Å². The van der Waals surface area contributed by atoms with Gasteiger partial charge in [-0.25, -0.2) is 4.39 Å². The van der Waals surface area contributed by atoms with Gasteiger partial charge in [0, 0.05) is 18.2 Å². The summed E-state index contributed by atoms with van der Waals surface area (Å²) in [7, 11) is 0. The molecule has 2 aromatic carbocycles. The molecule has 0 radical (unpaired) electrons. The van der Waals surface area contributed by atoms with Crippen LogP contribution in [0.2, 0.25) is 0 Å². The van der Waals surface area contributed by atoms with Crippen LogP contribution in [0.3, 0.4) is 0 Å². The van der Waals surface area contributed by atoms with Crippen LogP contribution in [0, 0.1) is 19.7 Å². The predicted molar refractivity (Wildman–Crippen MR) is 77.6 cm³/mol. The molecule has 1 nitrogen and oxygen atoms in total. The van der Waals surface area contributed by atoms with Gasteiger partial charge in [0.25, 0.3) is 0 Å². The number of benzene rings is 2. The number of rotatable bonds is 4. The van der Waals surface area contributed by atoms with Crippen LogP contribution in [0.4, 0.5) is 4.39 Å². The lowest BCUT2D eigenvalue weighted by molar-refractivity contribution is 0.543. The Hall–Kier alpha value is -1.67. The van der Waals surface area contributed by atoms with Gasteiger partial charge >= 0.3 is 0 Å². The molecule has 2 rings (SSSR count). The van der Waals surface area contributed by atoms with Gasteiger partial charge in [-0.2, -0.15) is 0 Å². The average molecular weight is 257 g/mol. The van der Waals surface area contributed by atoms with E-state index in [1.54, 1.807) is 6.07 Å². The minimum Gasteiger partial charge on any atom is -0.306 e. The van der Waals surface area contributed by atoms with Crippen molar-refractivity contribution in [2.75, 3.05) is 0 Å². The van der Waals surface area contributed by atoms with Crippen molar-refractivity contribution in [1.29, 1.82) is 0 Å². The van der Waals surface area contributed by atoms with Crippen molar-refractivity contribution in [1.82, 2.24) is 5.32 Å². The highest BCUT2D eigenvalue weighted by Gasteiger charge is 2.07. The van der Waals surface area contributed by atoms with Crippen LogP contribution in [0.1, 0.15) is 35.2 Å².